The molecule has 3 N–H and O–H groups in total. The molecule has 1 aliphatic carbocycles. The van der Waals surface area contributed by atoms with E-state index in [-0.39, 0.29) is 18.7 Å². The zero-order chi connectivity index (χ0) is 15.9. The number of fused-ring (bicyclic) bond motifs is 1. The predicted molar refractivity (Wildman–Crippen MR) is 88.7 cm³/mol. The highest BCUT2D eigenvalue weighted by molar-refractivity contribution is 5.74. The number of amides is 2. The third-order valence-electron chi connectivity index (χ3n) is 4.33. The Labute approximate surface area is 133 Å². The van der Waals surface area contributed by atoms with Crippen molar-refractivity contribution < 1.29 is 9.90 Å². The zero-order valence-corrected chi connectivity index (χ0v) is 13.6. The second-order valence-electron chi connectivity index (χ2n) is 6.65. The molecule has 2 atom stereocenters. The van der Waals surface area contributed by atoms with Crippen LogP contribution in [-0.4, -0.2) is 24.3 Å². The van der Waals surface area contributed by atoms with Gasteiger partial charge in [-0.15, -0.1) is 0 Å². The Hall–Kier alpha value is -1.55. The van der Waals surface area contributed by atoms with E-state index in [4.69, 9.17) is 5.11 Å². The van der Waals surface area contributed by atoms with Gasteiger partial charge in [0.1, 0.15) is 0 Å². The molecule has 0 saturated carbocycles. The maximum atomic E-state index is 12.1. The summed E-state index contributed by atoms with van der Waals surface area (Å²) in [5.41, 5.74) is 2.58. The highest BCUT2D eigenvalue weighted by atomic mass is 16.3. The van der Waals surface area contributed by atoms with Crippen LogP contribution in [0.25, 0.3) is 0 Å². The number of benzene rings is 1. The lowest BCUT2D eigenvalue weighted by Crippen LogP contribution is -2.40. The molecule has 22 heavy (non-hydrogen) atoms. The summed E-state index contributed by atoms with van der Waals surface area (Å²) in [5, 5.41) is 15.2. The number of urea groups is 1. The Morgan fingerprint density at radius 2 is 2.14 bits per heavy atom. The number of aliphatic hydroxyl groups excluding tert-OH is 1. The van der Waals surface area contributed by atoms with Gasteiger partial charge in [-0.1, -0.05) is 38.1 Å². The van der Waals surface area contributed by atoms with E-state index in [0.717, 1.165) is 25.7 Å². The van der Waals surface area contributed by atoms with E-state index in [1.54, 1.807) is 0 Å². The van der Waals surface area contributed by atoms with Crippen LogP contribution < -0.4 is 10.6 Å². The number of hydrogen-bond donors (Lipinski definition) is 3. The molecule has 0 unspecified atom stereocenters. The van der Waals surface area contributed by atoms with Crippen LogP contribution >= 0.6 is 0 Å². The molecular formula is C18H28N2O2. The van der Waals surface area contributed by atoms with Crippen LogP contribution in [0, 0.1) is 11.8 Å². The van der Waals surface area contributed by atoms with Crippen LogP contribution in [0.5, 0.6) is 0 Å². The first-order valence-corrected chi connectivity index (χ1v) is 8.33. The molecule has 2 rings (SSSR count). The molecule has 0 aliphatic heterocycles. The third-order valence-corrected chi connectivity index (χ3v) is 4.33. The minimum Gasteiger partial charge on any atom is -0.396 e. The third kappa shape index (κ3) is 4.73. The summed E-state index contributed by atoms with van der Waals surface area (Å²) in [6, 6.07) is 8.32. The number of aryl methyl sites for hydroxylation is 1. The minimum atomic E-state index is -0.103. The van der Waals surface area contributed by atoms with Gasteiger partial charge in [-0.2, -0.15) is 0 Å². The molecule has 0 heterocycles. The number of nitrogens with one attached hydrogen (secondary N) is 2. The lowest BCUT2D eigenvalue weighted by atomic mass is 9.94. The van der Waals surface area contributed by atoms with Crippen molar-refractivity contribution in [2.45, 2.75) is 45.6 Å². The molecule has 0 saturated heterocycles. The van der Waals surface area contributed by atoms with Gasteiger partial charge in [-0.05, 0) is 48.6 Å². The lowest BCUT2D eigenvalue weighted by Gasteiger charge is -2.20. The van der Waals surface area contributed by atoms with E-state index in [1.165, 1.54) is 11.1 Å². The van der Waals surface area contributed by atoms with Crippen LogP contribution in [0.15, 0.2) is 24.3 Å². The zero-order valence-electron chi connectivity index (χ0n) is 13.6. The normalized spacial score (nSPS) is 18.1. The predicted octanol–water partition coefficient (Wildman–Crippen LogP) is 3.02. The molecule has 122 valence electrons. The molecular weight excluding hydrogens is 276 g/mol. The van der Waals surface area contributed by atoms with Gasteiger partial charge in [-0.25, -0.2) is 4.79 Å². The number of hydrogen-bond acceptors (Lipinski definition) is 2. The molecule has 0 bridgehead atoms. The van der Waals surface area contributed by atoms with Crippen molar-refractivity contribution in [1.29, 1.82) is 0 Å². The maximum absolute atomic E-state index is 12.1. The SMILES string of the molecule is CC(C)C[C@H](CCO)CNC(=O)N[C@@H]1CCc2ccccc21. The first kappa shape index (κ1) is 16.8. The van der Waals surface area contributed by atoms with Crippen molar-refractivity contribution in [2.24, 2.45) is 11.8 Å². The topological polar surface area (TPSA) is 61.4 Å². The maximum Gasteiger partial charge on any atom is 0.315 e. The first-order valence-electron chi connectivity index (χ1n) is 8.33. The fraction of sp³-hybridized carbons (Fsp3) is 0.611. The highest BCUT2D eigenvalue weighted by Gasteiger charge is 2.23. The lowest BCUT2D eigenvalue weighted by molar-refractivity contribution is 0.222. The Balaban J connectivity index is 1.81. The molecule has 4 nitrogen and oxygen atoms in total. The summed E-state index contributed by atoms with van der Waals surface area (Å²) in [4.78, 5) is 12.1. The molecule has 1 aromatic rings. The van der Waals surface area contributed by atoms with Gasteiger partial charge in [0.15, 0.2) is 0 Å². The van der Waals surface area contributed by atoms with E-state index in [9.17, 15) is 4.79 Å². The minimum absolute atomic E-state index is 0.103. The van der Waals surface area contributed by atoms with Gasteiger partial charge in [0.2, 0.25) is 0 Å². The monoisotopic (exact) mass is 304 g/mol. The van der Waals surface area contributed by atoms with E-state index < -0.39 is 0 Å². The first-order chi connectivity index (χ1) is 10.6. The van der Waals surface area contributed by atoms with Crippen molar-refractivity contribution in [3.63, 3.8) is 0 Å². The van der Waals surface area contributed by atoms with Gasteiger partial charge in [0.05, 0.1) is 6.04 Å². The Kier molecular flexibility index (Phi) is 6.25. The molecule has 0 fully saturated rings. The second-order valence-corrected chi connectivity index (χ2v) is 6.65. The van der Waals surface area contributed by atoms with Crippen LogP contribution in [0.3, 0.4) is 0 Å². The molecule has 4 heteroatoms. The van der Waals surface area contributed by atoms with Crippen LogP contribution in [0.2, 0.25) is 0 Å². The molecule has 0 spiro atoms. The molecule has 0 aromatic heterocycles. The van der Waals surface area contributed by atoms with Crippen molar-refractivity contribution in [3.05, 3.63) is 35.4 Å². The number of rotatable bonds is 7. The fourth-order valence-electron chi connectivity index (χ4n) is 3.31. The smallest absolute Gasteiger partial charge is 0.315 e. The average molecular weight is 304 g/mol. The largest absolute Gasteiger partial charge is 0.396 e. The summed E-state index contributed by atoms with van der Waals surface area (Å²) in [7, 11) is 0. The quantitative estimate of drug-likeness (QED) is 0.725. The Bertz CT molecular complexity index is 488. The van der Waals surface area contributed by atoms with Crippen molar-refractivity contribution in [1.82, 2.24) is 10.6 Å². The van der Waals surface area contributed by atoms with E-state index >= 15 is 0 Å². The van der Waals surface area contributed by atoms with Crippen molar-refractivity contribution >= 4 is 6.03 Å². The van der Waals surface area contributed by atoms with E-state index in [0.29, 0.717) is 18.4 Å². The van der Waals surface area contributed by atoms with Crippen LogP contribution in [0.1, 0.15) is 50.3 Å². The summed E-state index contributed by atoms with van der Waals surface area (Å²) in [5.74, 6) is 0.912. The summed E-state index contributed by atoms with van der Waals surface area (Å²) in [6.45, 7) is 5.13. The van der Waals surface area contributed by atoms with Gasteiger partial charge in [-0.3, -0.25) is 0 Å². The van der Waals surface area contributed by atoms with Gasteiger partial charge in [0.25, 0.3) is 0 Å². The van der Waals surface area contributed by atoms with Crippen LogP contribution in [0.4, 0.5) is 4.79 Å². The van der Waals surface area contributed by atoms with Crippen molar-refractivity contribution in [3.8, 4) is 0 Å². The Morgan fingerprint density at radius 1 is 1.36 bits per heavy atom. The summed E-state index contributed by atoms with van der Waals surface area (Å²) >= 11 is 0. The van der Waals surface area contributed by atoms with E-state index in [2.05, 4.69) is 36.6 Å². The number of aliphatic hydroxyl groups is 1. The van der Waals surface area contributed by atoms with Gasteiger partial charge < -0.3 is 15.7 Å². The highest BCUT2D eigenvalue weighted by Crippen LogP contribution is 2.30. The molecule has 1 aromatic carbocycles. The standard InChI is InChI=1S/C18H28N2O2/c1-13(2)11-14(9-10-21)12-19-18(22)20-17-8-7-15-5-3-4-6-16(15)17/h3-6,13-14,17,21H,7-12H2,1-2H3,(H2,19,20,22)/t14-,17+/m0/s1. The second kappa shape index (κ2) is 8.18. The number of carbonyl (C=O) groups is 1. The molecule has 1 aliphatic rings. The van der Waals surface area contributed by atoms with E-state index in [1.807, 2.05) is 12.1 Å². The summed E-state index contributed by atoms with van der Waals surface area (Å²) < 4.78 is 0. The van der Waals surface area contributed by atoms with Gasteiger partial charge >= 0.3 is 6.03 Å². The number of carbonyl (C=O) groups excluding carboxylic acids is 1. The average Bonchev–Trinajstić information content (AvgIpc) is 2.88. The summed E-state index contributed by atoms with van der Waals surface area (Å²) in [6.07, 6.45) is 3.76. The molecule has 2 amide bonds. The van der Waals surface area contributed by atoms with Crippen molar-refractivity contribution in [2.75, 3.05) is 13.2 Å². The van der Waals surface area contributed by atoms with Crippen LogP contribution in [-0.2, 0) is 6.42 Å². The molecule has 0 radical (unpaired) electrons. The Morgan fingerprint density at radius 3 is 2.86 bits per heavy atom. The fourth-order valence-corrected chi connectivity index (χ4v) is 3.31. The van der Waals surface area contributed by atoms with Gasteiger partial charge in [0, 0.05) is 13.2 Å².